The molecule has 1 N–H and O–H groups in total. The third-order valence-electron chi connectivity index (χ3n) is 3.88. The molecule has 1 aliphatic carbocycles. The number of carbonyl (C=O) groups is 1. The van der Waals surface area contributed by atoms with E-state index in [1.807, 2.05) is 19.1 Å². The molecule has 0 spiro atoms. The van der Waals surface area contributed by atoms with Crippen molar-refractivity contribution in [2.24, 2.45) is 5.41 Å². The quantitative estimate of drug-likeness (QED) is 0.904. The van der Waals surface area contributed by atoms with E-state index >= 15 is 0 Å². The van der Waals surface area contributed by atoms with E-state index in [2.05, 4.69) is 0 Å². The maximum Gasteiger partial charge on any atom is 0.326 e. The molecule has 0 saturated heterocycles. The summed E-state index contributed by atoms with van der Waals surface area (Å²) in [6.07, 6.45) is 1.82. The molecule has 1 fully saturated rings. The van der Waals surface area contributed by atoms with Crippen LogP contribution >= 0.6 is 0 Å². The predicted molar refractivity (Wildman–Crippen MR) is 72.9 cm³/mol. The summed E-state index contributed by atoms with van der Waals surface area (Å²) in [5, 5.41) is 17.3. The summed E-state index contributed by atoms with van der Waals surface area (Å²) in [7, 11) is -3.61. The highest BCUT2D eigenvalue weighted by Gasteiger charge is 2.76. The Hall–Kier alpha value is -1.87. The van der Waals surface area contributed by atoms with E-state index in [0.717, 1.165) is 18.2 Å². The summed E-state index contributed by atoms with van der Waals surface area (Å²) in [5.74, 6) is -2.18. The van der Waals surface area contributed by atoms with Crippen LogP contribution in [-0.2, 0) is 21.1 Å². The average Bonchev–Trinajstić information content (AvgIpc) is 3.09. The van der Waals surface area contributed by atoms with Crippen LogP contribution in [0.4, 0.5) is 0 Å². The zero-order valence-corrected chi connectivity index (χ0v) is 12.0. The first-order valence-electron chi connectivity index (χ1n) is 6.21. The largest absolute Gasteiger partial charge is 0.480 e. The Kier molecular flexibility index (Phi) is 3.34. The lowest BCUT2D eigenvalue weighted by atomic mass is 9.99. The molecule has 3 atom stereocenters. The molecule has 0 radical (unpaired) electrons. The molecule has 0 bridgehead atoms. The third-order valence-corrected chi connectivity index (χ3v) is 5.45. The Morgan fingerprint density at radius 2 is 1.95 bits per heavy atom. The van der Waals surface area contributed by atoms with E-state index in [0.29, 0.717) is 5.56 Å². The topological polar surface area (TPSA) is 95.2 Å². The van der Waals surface area contributed by atoms with Crippen LogP contribution in [0.3, 0.4) is 0 Å². The van der Waals surface area contributed by atoms with Crippen LogP contribution in [0.25, 0.3) is 0 Å². The van der Waals surface area contributed by atoms with Gasteiger partial charge >= 0.3 is 5.97 Å². The first kappa shape index (κ1) is 14.5. The van der Waals surface area contributed by atoms with Gasteiger partial charge in [-0.1, -0.05) is 31.2 Å². The second-order valence-corrected chi connectivity index (χ2v) is 7.28. The summed E-state index contributed by atoms with van der Waals surface area (Å²) >= 11 is 0. The highest BCUT2D eigenvalue weighted by atomic mass is 32.2. The molecular weight excluding hydrogens is 278 g/mol. The number of aliphatic carboxylic acids is 1. The van der Waals surface area contributed by atoms with E-state index in [9.17, 15) is 23.6 Å². The van der Waals surface area contributed by atoms with Crippen LogP contribution in [0, 0.1) is 16.7 Å². The fourth-order valence-electron chi connectivity index (χ4n) is 2.78. The molecule has 0 aliphatic heterocycles. The van der Waals surface area contributed by atoms with Crippen molar-refractivity contribution in [1.82, 2.24) is 0 Å². The van der Waals surface area contributed by atoms with Crippen molar-refractivity contribution in [3.8, 4) is 6.07 Å². The third kappa shape index (κ3) is 1.98. The van der Waals surface area contributed by atoms with Crippen LogP contribution in [0.15, 0.2) is 24.3 Å². The highest BCUT2D eigenvalue weighted by molar-refractivity contribution is 7.91. The summed E-state index contributed by atoms with van der Waals surface area (Å²) < 4.78 is 23.5. The first-order chi connectivity index (χ1) is 9.29. The minimum absolute atomic E-state index is 0.585. The number of nitriles is 1. The average molecular weight is 293 g/mol. The number of carboxylic acid groups (broad SMARTS) is 1. The van der Waals surface area contributed by atoms with Crippen molar-refractivity contribution in [3.05, 3.63) is 35.4 Å². The van der Waals surface area contributed by atoms with E-state index in [-0.39, 0.29) is 0 Å². The van der Waals surface area contributed by atoms with Gasteiger partial charge in [0.2, 0.25) is 0 Å². The number of aryl methyl sites for hydroxylation is 1. The molecule has 1 aliphatic rings. The van der Waals surface area contributed by atoms with Crippen molar-refractivity contribution in [2.45, 2.75) is 24.5 Å². The van der Waals surface area contributed by atoms with Crippen molar-refractivity contribution >= 4 is 15.8 Å². The van der Waals surface area contributed by atoms with Crippen LogP contribution < -0.4 is 0 Å². The number of hydrogen-bond acceptors (Lipinski definition) is 4. The Balaban J connectivity index is 2.49. The van der Waals surface area contributed by atoms with Gasteiger partial charge < -0.3 is 5.11 Å². The molecule has 0 aromatic heterocycles. The minimum atomic E-state index is -3.61. The molecule has 5 nitrogen and oxygen atoms in total. The molecule has 0 amide bonds. The molecule has 0 unspecified atom stereocenters. The van der Waals surface area contributed by atoms with Crippen molar-refractivity contribution < 1.29 is 18.3 Å². The van der Waals surface area contributed by atoms with E-state index < -0.39 is 32.4 Å². The number of sulfone groups is 1. The van der Waals surface area contributed by atoms with E-state index in [4.69, 9.17) is 0 Å². The number of hydrogen-bond donors (Lipinski definition) is 1. The molecule has 1 aromatic carbocycles. The van der Waals surface area contributed by atoms with Crippen LogP contribution in [-0.4, -0.2) is 31.0 Å². The Morgan fingerprint density at radius 3 is 2.25 bits per heavy atom. The standard InChI is InChI=1S/C14H15NO4S/c1-3-9-4-6-10(7-5-9)11-12(20(2,18)19)14(11,8-15)13(16)17/h4-7,11-12H,3H2,1-2H3,(H,16,17)/t11-,12+,14-/m0/s1. The van der Waals surface area contributed by atoms with Crippen molar-refractivity contribution in [1.29, 1.82) is 5.26 Å². The fraction of sp³-hybridized carbons (Fsp3) is 0.429. The lowest BCUT2D eigenvalue weighted by Crippen LogP contribution is -2.21. The summed E-state index contributed by atoms with van der Waals surface area (Å²) in [6.45, 7) is 1.99. The maximum absolute atomic E-state index is 11.8. The molecule has 6 heteroatoms. The minimum Gasteiger partial charge on any atom is -0.480 e. The molecule has 1 aromatic rings. The van der Waals surface area contributed by atoms with E-state index in [1.54, 1.807) is 18.2 Å². The van der Waals surface area contributed by atoms with Crippen LogP contribution in [0.5, 0.6) is 0 Å². The van der Waals surface area contributed by atoms with Crippen molar-refractivity contribution in [3.63, 3.8) is 0 Å². The van der Waals surface area contributed by atoms with E-state index in [1.165, 1.54) is 0 Å². The zero-order valence-electron chi connectivity index (χ0n) is 11.2. The second-order valence-electron chi connectivity index (χ2n) is 5.11. The maximum atomic E-state index is 11.8. The Labute approximate surface area is 117 Å². The Bertz CT molecular complexity index is 687. The summed E-state index contributed by atoms with van der Waals surface area (Å²) in [4.78, 5) is 11.4. The van der Waals surface area contributed by atoms with Gasteiger partial charge in [-0.15, -0.1) is 0 Å². The van der Waals surface area contributed by atoms with Gasteiger partial charge in [-0.2, -0.15) is 5.26 Å². The molecule has 20 heavy (non-hydrogen) atoms. The van der Waals surface area contributed by atoms with Crippen LogP contribution in [0.2, 0.25) is 0 Å². The lowest BCUT2D eigenvalue weighted by Gasteiger charge is -2.03. The lowest BCUT2D eigenvalue weighted by molar-refractivity contribution is -0.141. The SMILES string of the molecule is CCc1ccc([C@H]2[C@@H](S(C)(=O)=O)[C@@]2(C#N)C(=O)O)cc1. The number of nitrogens with zero attached hydrogens (tertiary/aromatic N) is 1. The zero-order chi connectivity index (χ0) is 15.1. The second kappa shape index (κ2) is 4.60. The molecule has 0 heterocycles. The monoisotopic (exact) mass is 293 g/mol. The molecule has 2 rings (SSSR count). The first-order valence-corrected chi connectivity index (χ1v) is 8.16. The molecule has 1 saturated carbocycles. The van der Waals surface area contributed by atoms with Gasteiger partial charge in [-0.25, -0.2) is 8.42 Å². The molecule has 106 valence electrons. The van der Waals surface area contributed by atoms with Crippen LogP contribution in [0.1, 0.15) is 24.0 Å². The van der Waals surface area contributed by atoms with Gasteiger partial charge in [-0.05, 0) is 17.5 Å². The fourth-order valence-corrected chi connectivity index (χ4v) is 4.54. The van der Waals surface area contributed by atoms with Gasteiger partial charge in [0.15, 0.2) is 15.3 Å². The van der Waals surface area contributed by atoms with Gasteiger partial charge in [0, 0.05) is 12.2 Å². The number of benzene rings is 1. The van der Waals surface area contributed by atoms with Gasteiger partial charge in [0.05, 0.1) is 6.07 Å². The molecular formula is C14H15NO4S. The number of rotatable bonds is 4. The van der Waals surface area contributed by atoms with Crippen molar-refractivity contribution in [2.75, 3.05) is 6.26 Å². The summed E-state index contributed by atoms with van der Waals surface area (Å²) in [6, 6.07) is 8.79. The number of carboxylic acids is 1. The van der Waals surface area contributed by atoms with Gasteiger partial charge in [0.1, 0.15) is 5.25 Å². The predicted octanol–water partition coefficient (Wildman–Crippen LogP) is 1.35. The normalized spacial score (nSPS) is 28.6. The van der Waals surface area contributed by atoms with Gasteiger partial charge in [-0.3, -0.25) is 4.79 Å². The van der Waals surface area contributed by atoms with Gasteiger partial charge in [0.25, 0.3) is 0 Å². The smallest absolute Gasteiger partial charge is 0.326 e. The Morgan fingerprint density at radius 1 is 1.40 bits per heavy atom. The summed E-state index contributed by atoms with van der Waals surface area (Å²) in [5.41, 5.74) is -0.203. The highest BCUT2D eigenvalue weighted by Crippen LogP contribution is 2.62.